The molecule has 6 heteroatoms. The summed E-state index contributed by atoms with van der Waals surface area (Å²) in [5.74, 6) is 0.106. The number of nitrogens with zero attached hydrogens (tertiary/aromatic N) is 2. The van der Waals surface area contributed by atoms with E-state index in [2.05, 4.69) is 17.1 Å². The Bertz CT molecular complexity index is 465. The normalized spacial score (nSPS) is 24.4. The van der Waals surface area contributed by atoms with Crippen LogP contribution in [0.2, 0.25) is 0 Å². The highest BCUT2D eigenvalue weighted by atomic mass is 32.2. The van der Waals surface area contributed by atoms with E-state index in [4.69, 9.17) is 15.7 Å². The largest absolute Gasteiger partial charge is 0.409 e. The standard InChI is InChI=1S/C12H17N3O2S/c1-7-3-5-14-12(10(7)11(13)15-16)18-9-4-6-17-8(9)2/h3,5,8-9,16H,4,6H2,1-2H3,(H2,13,15). The van der Waals surface area contributed by atoms with Gasteiger partial charge in [0.2, 0.25) is 0 Å². The van der Waals surface area contributed by atoms with Crippen molar-refractivity contribution in [1.82, 2.24) is 4.98 Å². The molecule has 3 N–H and O–H groups in total. The minimum absolute atomic E-state index is 0.106. The molecule has 0 amide bonds. The van der Waals surface area contributed by atoms with Crippen LogP contribution in [0, 0.1) is 6.92 Å². The van der Waals surface area contributed by atoms with Gasteiger partial charge in [-0.3, -0.25) is 0 Å². The highest BCUT2D eigenvalue weighted by Gasteiger charge is 2.27. The van der Waals surface area contributed by atoms with Crippen LogP contribution in [0.3, 0.4) is 0 Å². The van der Waals surface area contributed by atoms with Crippen molar-refractivity contribution in [2.75, 3.05) is 6.61 Å². The van der Waals surface area contributed by atoms with E-state index in [1.807, 2.05) is 13.0 Å². The molecule has 1 aliphatic rings. The molecule has 1 aliphatic heterocycles. The van der Waals surface area contributed by atoms with Crippen LogP contribution in [-0.4, -0.2) is 34.0 Å². The van der Waals surface area contributed by atoms with Gasteiger partial charge in [-0.05, 0) is 31.9 Å². The van der Waals surface area contributed by atoms with Gasteiger partial charge in [-0.1, -0.05) is 16.9 Å². The summed E-state index contributed by atoms with van der Waals surface area (Å²) in [6.45, 7) is 4.76. The van der Waals surface area contributed by atoms with Crippen LogP contribution in [0.25, 0.3) is 0 Å². The number of thioether (sulfide) groups is 1. The second kappa shape index (κ2) is 5.58. The van der Waals surface area contributed by atoms with E-state index in [-0.39, 0.29) is 11.9 Å². The molecule has 0 aromatic carbocycles. The lowest BCUT2D eigenvalue weighted by Crippen LogP contribution is -2.19. The average Bonchev–Trinajstić information content (AvgIpc) is 2.74. The van der Waals surface area contributed by atoms with Gasteiger partial charge in [0.05, 0.1) is 11.7 Å². The van der Waals surface area contributed by atoms with Gasteiger partial charge in [-0.15, -0.1) is 0 Å². The van der Waals surface area contributed by atoms with Crippen LogP contribution in [-0.2, 0) is 4.74 Å². The smallest absolute Gasteiger partial charge is 0.173 e. The number of ether oxygens (including phenoxy) is 1. The van der Waals surface area contributed by atoms with Crippen LogP contribution in [0.5, 0.6) is 0 Å². The summed E-state index contributed by atoms with van der Waals surface area (Å²) >= 11 is 1.64. The van der Waals surface area contributed by atoms with Crippen molar-refractivity contribution in [2.45, 2.75) is 36.6 Å². The van der Waals surface area contributed by atoms with Crippen LogP contribution in [0.4, 0.5) is 0 Å². The fourth-order valence-electron chi connectivity index (χ4n) is 1.99. The van der Waals surface area contributed by atoms with E-state index < -0.39 is 0 Å². The Labute approximate surface area is 110 Å². The monoisotopic (exact) mass is 267 g/mol. The number of pyridine rings is 1. The zero-order chi connectivity index (χ0) is 13.1. The Morgan fingerprint density at radius 2 is 2.44 bits per heavy atom. The van der Waals surface area contributed by atoms with Gasteiger partial charge >= 0.3 is 0 Å². The van der Waals surface area contributed by atoms with Gasteiger partial charge in [0.15, 0.2) is 5.84 Å². The molecule has 0 aliphatic carbocycles. The molecule has 0 saturated carbocycles. The summed E-state index contributed by atoms with van der Waals surface area (Å²) < 4.78 is 5.54. The number of hydrogen-bond acceptors (Lipinski definition) is 5. The lowest BCUT2D eigenvalue weighted by molar-refractivity contribution is 0.127. The second-order valence-corrected chi connectivity index (χ2v) is 5.54. The maximum Gasteiger partial charge on any atom is 0.173 e. The molecule has 1 aromatic rings. The Morgan fingerprint density at radius 3 is 3.06 bits per heavy atom. The van der Waals surface area contributed by atoms with E-state index in [0.717, 1.165) is 23.6 Å². The van der Waals surface area contributed by atoms with Gasteiger partial charge in [-0.2, -0.15) is 0 Å². The molecule has 2 unspecified atom stereocenters. The molecule has 5 nitrogen and oxygen atoms in total. The fraction of sp³-hybridized carbons (Fsp3) is 0.500. The molecule has 18 heavy (non-hydrogen) atoms. The van der Waals surface area contributed by atoms with E-state index >= 15 is 0 Å². The first-order valence-corrected chi connectivity index (χ1v) is 6.73. The number of rotatable bonds is 3. The maximum atomic E-state index is 8.85. The topological polar surface area (TPSA) is 80.7 Å². The average molecular weight is 267 g/mol. The number of aryl methyl sites for hydroxylation is 1. The molecule has 0 spiro atoms. The Balaban J connectivity index is 2.30. The quantitative estimate of drug-likeness (QED) is 0.377. The predicted molar refractivity (Wildman–Crippen MR) is 71.2 cm³/mol. The molecule has 1 saturated heterocycles. The Hall–Kier alpha value is -1.27. The zero-order valence-corrected chi connectivity index (χ0v) is 11.3. The first-order valence-electron chi connectivity index (χ1n) is 5.85. The number of aromatic nitrogens is 1. The SMILES string of the molecule is Cc1ccnc(SC2CCOC2C)c1/C(N)=N/O. The van der Waals surface area contributed by atoms with E-state index in [9.17, 15) is 0 Å². The third-order valence-electron chi connectivity index (χ3n) is 3.06. The minimum Gasteiger partial charge on any atom is -0.409 e. The van der Waals surface area contributed by atoms with Crippen LogP contribution in [0.15, 0.2) is 22.4 Å². The molecule has 2 rings (SSSR count). The molecule has 1 fully saturated rings. The van der Waals surface area contributed by atoms with Gasteiger partial charge in [-0.25, -0.2) is 4.98 Å². The summed E-state index contributed by atoms with van der Waals surface area (Å²) in [7, 11) is 0. The van der Waals surface area contributed by atoms with Gasteiger partial charge < -0.3 is 15.7 Å². The number of amidine groups is 1. The maximum absolute atomic E-state index is 8.85. The van der Waals surface area contributed by atoms with Crippen LogP contribution >= 0.6 is 11.8 Å². The number of hydrogen-bond donors (Lipinski definition) is 2. The lowest BCUT2D eigenvalue weighted by atomic mass is 10.1. The molecule has 0 radical (unpaired) electrons. The molecular formula is C12H17N3O2S. The van der Waals surface area contributed by atoms with Crippen molar-refractivity contribution in [1.29, 1.82) is 0 Å². The van der Waals surface area contributed by atoms with Crippen molar-refractivity contribution >= 4 is 17.6 Å². The third kappa shape index (κ3) is 2.59. The van der Waals surface area contributed by atoms with Crippen molar-refractivity contribution in [2.24, 2.45) is 10.9 Å². The van der Waals surface area contributed by atoms with Crippen LogP contribution < -0.4 is 5.73 Å². The molecular weight excluding hydrogens is 250 g/mol. The summed E-state index contributed by atoms with van der Waals surface area (Å²) in [6, 6.07) is 1.85. The molecule has 98 valence electrons. The number of nitrogens with two attached hydrogens (primary N) is 1. The van der Waals surface area contributed by atoms with E-state index in [0.29, 0.717) is 10.8 Å². The highest BCUT2D eigenvalue weighted by molar-refractivity contribution is 8.00. The minimum atomic E-state index is 0.106. The molecule has 2 heterocycles. The molecule has 0 bridgehead atoms. The Morgan fingerprint density at radius 1 is 1.67 bits per heavy atom. The first kappa shape index (κ1) is 13.2. The van der Waals surface area contributed by atoms with E-state index in [1.54, 1.807) is 18.0 Å². The fourth-order valence-corrected chi connectivity index (χ4v) is 3.27. The van der Waals surface area contributed by atoms with Gasteiger partial charge in [0.1, 0.15) is 5.03 Å². The summed E-state index contributed by atoms with van der Waals surface area (Å²) in [5, 5.41) is 13.1. The highest BCUT2D eigenvalue weighted by Crippen LogP contribution is 2.33. The van der Waals surface area contributed by atoms with Gasteiger partial charge in [0.25, 0.3) is 0 Å². The first-order chi connectivity index (χ1) is 8.63. The van der Waals surface area contributed by atoms with Crippen molar-refractivity contribution in [3.05, 3.63) is 23.4 Å². The van der Waals surface area contributed by atoms with Crippen molar-refractivity contribution < 1.29 is 9.94 Å². The summed E-state index contributed by atoms with van der Waals surface area (Å²) in [6.07, 6.45) is 2.95. The summed E-state index contributed by atoms with van der Waals surface area (Å²) in [5.41, 5.74) is 7.39. The molecule has 2 atom stereocenters. The summed E-state index contributed by atoms with van der Waals surface area (Å²) in [4.78, 5) is 4.34. The number of oxime groups is 1. The molecule has 1 aromatic heterocycles. The second-order valence-electron chi connectivity index (χ2n) is 4.31. The third-order valence-corrected chi connectivity index (χ3v) is 4.51. The van der Waals surface area contributed by atoms with Crippen LogP contribution in [0.1, 0.15) is 24.5 Å². The van der Waals surface area contributed by atoms with E-state index in [1.165, 1.54) is 0 Å². The van der Waals surface area contributed by atoms with Gasteiger partial charge in [0, 0.05) is 18.1 Å². The van der Waals surface area contributed by atoms with Crippen molar-refractivity contribution in [3.8, 4) is 0 Å². The predicted octanol–water partition coefficient (Wildman–Crippen LogP) is 1.75. The van der Waals surface area contributed by atoms with Crippen molar-refractivity contribution in [3.63, 3.8) is 0 Å². The zero-order valence-electron chi connectivity index (χ0n) is 10.5. The Kier molecular flexibility index (Phi) is 4.08. The lowest BCUT2D eigenvalue weighted by Gasteiger charge is -2.15.